The second-order valence-corrected chi connectivity index (χ2v) is 2.33. The van der Waals surface area contributed by atoms with Crippen molar-refractivity contribution in [2.24, 2.45) is 0 Å². The molecule has 0 unspecified atom stereocenters. The molecule has 1 aromatic carbocycles. The monoisotopic (exact) mass is 383 g/mol. The number of fused-ring (bicyclic) bond motifs is 1. The molecule has 5 heteroatoms. The quantitative estimate of drug-likeness (QED) is 0.400. The SMILES string of the molecule is O=C1NC(=O)c2ccccc21.[Au+].[K+]. The van der Waals surface area contributed by atoms with Gasteiger partial charge in [-0.2, -0.15) is 0 Å². The molecule has 1 heterocycles. The van der Waals surface area contributed by atoms with Crippen LogP contribution in [0, 0.1) is 0 Å². The second kappa shape index (κ2) is 5.58. The summed E-state index contributed by atoms with van der Waals surface area (Å²) in [7, 11) is 0. The van der Waals surface area contributed by atoms with Gasteiger partial charge in [0.05, 0.1) is 11.1 Å². The van der Waals surface area contributed by atoms with Crippen molar-refractivity contribution >= 4 is 11.8 Å². The summed E-state index contributed by atoms with van der Waals surface area (Å²) < 4.78 is 0. The first-order chi connectivity index (χ1) is 5.29. The van der Waals surface area contributed by atoms with E-state index in [4.69, 9.17) is 0 Å². The molecule has 0 fully saturated rings. The van der Waals surface area contributed by atoms with E-state index in [9.17, 15) is 9.59 Å². The Morgan fingerprint density at radius 2 is 1.31 bits per heavy atom. The van der Waals surface area contributed by atoms with Crippen LogP contribution in [0.25, 0.3) is 0 Å². The smallest absolute Gasteiger partial charge is 0.288 e. The molecule has 0 radical (unpaired) electrons. The Morgan fingerprint density at radius 1 is 0.923 bits per heavy atom. The zero-order chi connectivity index (χ0) is 7.84. The molecule has 0 bridgehead atoms. The van der Waals surface area contributed by atoms with E-state index in [0.29, 0.717) is 11.1 Å². The van der Waals surface area contributed by atoms with Crippen molar-refractivity contribution in [2.75, 3.05) is 0 Å². The van der Waals surface area contributed by atoms with Gasteiger partial charge in [0.15, 0.2) is 0 Å². The number of imide groups is 1. The third-order valence-corrected chi connectivity index (χ3v) is 1.64. The van der Waals surface area contributed by atoms with Crippen LogP contribution in [0.1, 0.15) is 20.7 Å². The molecule has 0 atom stereocenters. The van der Waals surface area contributed by atoms with Crippen molar-refractivity contribution in [1.29, 1.82) is 0 Å². The average molecular weight is 383 g/mol. The predicted molar refractivity (Wildman–Crippen MR) is 38.2 cm³/mol. The van der Waals surface area contributed by atoms with E-state index in [1.807, 2.05) is 0 Å². The normalized spacial score (nSPS) is 12.3. The van der Waals surface area contributed by atoms with Crippen LogP contribution >= 0.6 is 0 Å². The van der Waals surface area contributed by atoms with E-state index in [2.05, 4.69) is 5.32 Å². The Hall–Kier alpha value is 0.737. The number of hydrogen-bond acceptors (Lipinski definition) is 2. The summed E-state index contributed by atoms with van der Waals surface area (Å²) in [6, 6.07) is 6.74. The van der Waals surface area contributed by atoms with Gasteiger partial charge < -0.3 is 0 Å². The second-order valence-electron chi connectivity index (χ2n) is 2.33. The van der Waals surface area contributed by atoms with Crippen LogP contribution in [0.15, 0.2) is 24.3 Å². The molecule has 3 nitrogen and oxygen atoms in total. The van der Waals surface area contributed by atoms with E-state index in [-0.39, 0.29) is 85.6 Å². The molecule has 0 aromatic heterocycles. The molecule has 1 aromatic rings. The number of benzene rings is 1. The summed E-state index contributed by atoms with van der Waals surface area (Å²) in [6.45, 7) is 0. The number of nitrogens with one attached hydrogen (secondary N) is 1. The largest absolute Gasteiger partial charge is 1.00 e. The fraction of sp³-hybridized carbons (Fsp3) is 0. The van der Waals surface area contributed by atoms with Crippen LogP contribution in [0.5, 0.6) is 0 Å². The van der Waals surface area contributed by atoms with Gasteiger partial charge in [-0.15, -0.1) is 0 Å². The summed E-state index contributed by atoms with van der Waals surface area (Å²) in [6.07, 6.45) is 0. The molecule has 1 aliphatic heterocycles. The summed E-state index contributed by atoms with van der Waals surface area (Å²) in [5.74, 6) is -0.601. The van der Waals surface area contributed by atoms with Crippen LogP contribution in [0.4, 0.5) is 0 Å². The van der Waals surface area contributed by atoms with Crippen molar-refractivity contribution in [3.05, 3.63) is 35.4 Å². The molecule has 1 N–H and O–H groups in total. The molecule has 0 saturated heterocycles. The van der Waals surface area contributed by atoms with Crippen LogP contribution in [0.3, 0.4) is 0 Å². The fourth-order valence-electron chi connectivity index (χ4n) is 1.12. The van der Waals surface area contributed by atoms with Gasteiger partial charge in [-0.3, -0.25) is 14.9 Å². The van der Waals surface area contributed by atoms with Gasteiger partial charge in [0, 0.05) is 0 Å². The van der Waals surface area contributed by atoms with Crippen LogP contribution in [0.2, 0.25) is 0 Å². The molecular weight excluding hydrogens is 378 g/mol. The number of carbonyl (C=O) groups excluding carboxylic acids is 2. The van der Waals surface area contributed by atoms with Crippen molar-refractivity contribution in [3.8, 4) is 0 Å². The zero-order valence-electron chi connectivity index (χ0n) is 6.93. The Morgan fingerprint density at radius 3 is 1.69 bits per heavy atom. The molecule has 0 spiro atoms. The van der Waals surface area contributed by atoms with Gasteiger partial charge in [0.2, 0.25) is 0 Å². The number of hydrogen-bond donors (Lipinski definition) is 1. The topological polar surface area (TPSA) is 46.2 Å². The molecule has 2 amide bonds. The van der Waals surface area contributed by atoms with Gasteiger partial charge in [-0.1, -0.05) is 12.1 Å². The first-order valence-corrected chi connectivity index (χ1v) is 3.24. The van der Waals surface area contributed by atoms with Crippen molar-refractivity contribution in [1.82, 2.24) is 5.32 Å². The first kappa shape index (κ1) is 13.7. The zero-order valence-corrected chi connectivity index (χ0v) is 12.2. The van der Waals surface area contributed by atoms with Gasteiger partial charge in [-0.05, 0) is 12.1 Å². The number of carbonyl (C=O) groups is 2. The predicted octanol–water partition coefficient (Wildman–Crippen LogP) is -2.43. The van der Waals surface area contributed by atoms with Crippen LogP contribution in [-0.4, -0.2) is 11.8 Å². The third kappa shape index (κ3) is 2.61. The summed E-state index contributed by atoms with van der Waals surface area (Å²) in [5, 5.41) is 2.20. The van der Waals surface area contributed by atoms with E-state index in [0.717, 1.165) is 0 Å². The van der Waals surface area contributed by atoms with E-state index < -0.39 is 0 Å². The maximum atomic E-state index is 10.9. The minimum Gasteiger partial charge on any atom is -0.288 e. The fourth-order valence-corrected chi connectivity index (χ4v) is 1.12. The minimum atomic E-state index is -0.300. The minimum absolute atomic E-state index is 0. The van der Waals surface area contributed by atoms with Crippen LogP contribution < -0.4 is 56.7 Å². The maximum Gasteiger partial charge on any atom is 1.00 e. The third-order valence-electron chi connectivity index (χ3n) is 1.64. The maximum absolute atomic E-state index is 10.9. The Kier molecular flexibility index (Phi) is 5.89. The van der Waals surface area contributed by atoms with Gasteiger partial charge in [0.25, 0.3) is 11.8 Å². The van der Waals surface area contributed by atoms with Crippen LogP contribution in [-0.2, 0) is 22.4 Å². The Bertz CT molecular complexity index is 321. The average Bonchev–Trinajstić information content (AvgIpc) is 2.30. The first-order valence-electron chi connectivity index (χ1n) is 3.24. The van der Waals surface area contributed by atoms with E-state index in [1.165, 1.54) is 0 Å². The van der Waals surface area contributed by atoms with Gasteiger partial charge in [-0.25, -0.2) is 0 Å². The molecule has 13 heavy (non-hydrogen) atoms. The standard InChI is InChI=1S/C8H5NO2.Au.K/c10-7-5-3-1-2-4-6(5)8(11)9-7;;/h1-4H,(H,9,10,11);;/q;2*+1. The molecule has 64 valence electrons. The van der Waals surface area contributed by atoms with E-state index in [1.54, 1.807) is 24.3 Å². The molecule has 1 aliphatic rings. The molecule has 2 rings (SSSR count). The number of rotatable bonds is 0. The van der Waals surface area contributed by atoms with Crippen molar-refractivity contribution < 1.29 is 83.4 Å². The Labute approximate surface area is 134 Å². The molecule has 0 saturated carbocycles. The summed E-state index contributed by atoms with van der Waals surface area (Å²) >= 11 is 0. The number of amides is 2. The molecular formula is C8H5AuKNO2+2. The Balaban J connectivity index is 0.000000720. The van der Waals surface area contributed by atoms with Crippen molar-refractivity contribution in [2.45, 2.75) is 0 Å². The summed E-state index contributed by atoms with van der Waals surface area (Å²) in [4.78, 5) is 21.9. The van der Waals surface area contributed by atoms with Gasteiger partial charge in [0.1, 0.15) is 0 Å². The van der Waals surface area contributed by atoms with Gasteiger partial charge >= 0.3 is 73.8 Å². The van der Waals surface area contributed by atoms with E-state index >= 15 is 0 Å². The summed E-state index contributed by atoms with van der Waals surface area (Å²) in [5.41, 5.74) is 0.940. The molecule has 0 aliphatic carbocycles. The van der Waals surface area contributed by atoms with Crippen molar-refractivity contribution in [3.63, 3.8) is 0 Å².